The smallest absolute Gasteiger partial charge is 0.253 e. The standard InChI is InChI=1S/C23H32N4O/c1-17(24)15-18(2)27-10-9-19-16-20(7-8-22(19)27)23(28)26-13-11-25(12-14-26)21-5-3-4-6-21/h7-10,16,18,21,24H,3-6,11-15H2,1-2H3. The van der Waals surface area contributed by atoms with E-state index in [1.54, 1.807) is 0 Å². The van der Waals surface area contributed by atoms with Gasteiger partial charge in [-0.2, -0.15) is 0 Å². The molecule has 1 aliphatic heterocycles. The highest BCUT2D eigenvalue weighted by atomic mass is 16.2. The molecule has 1 aromatic heterocycles. The maximum Gasteiger partial charge on any atom is 0.253 e. The highest BCUT2D eigenvalue weighted by molar-refractivity contribution is 5.98. The van der Waals surface area contributed by atoms with E-state index in [1.807, 2.05) is 24.0 Å². The molecule has 0 radical (unpaired) electrons. The number of benzene rings is 1. The predicted molar refractivity (Wildman–Crippen MR) is 114 cm³/mol. The van der Waals surface area contributed by atoms with Gasteiger partial charge >= 0.3 is 0 Å². The van der Waals surface area contributed by atoms with E-state index in [2.05, 4.69) is 34.7 Å². The van der Waals surface area contributed by atoms with Crippen LogP contribution in [0.25, 0.3) is 10.9 Å². The van der Waals surface area contributed by atoms with Crippen LogP contribution in [0.1, 0.15) is 62.4 Å². The molecule has 1 N–H and O–H groups in total. The molecule has 2 aliphatic rings. The van der Waals surface area contributed by atoms with E-state index >= 15 is 0 Å². The van der Waals surface area contributed by atoms with Crippen LogP contribution < -0.4 is 0 Å². The van der Waals surface area contributed by atoms with Crippen LogP contribution in [-0.2, 0) is 0 Å². The molecule has 5 heteroatoms. The zero-order chi connectivity index (χ0) is 19.7. The molecular formula is C23H32N4O. The number of piperazine rings is 1. The molecule has 4 rings (SSSR count). The predicted octanol–water partition coefficient (Wildman–Crippen LogP) is 4.33. The topological polar surface area (TPSA) is 52.3 Å². The lowest BCUT2D eigenvalue weighted by Gasteiger charge is -2.38. The first kappa shape index (κ1) is 19.2. The van der Waals surface area contributed by atoms with Crippen LogP contribution in [0.3, 0.4) is 0 Å². The molecule has 1 amide bonds. The average Bonchev–Trinajstić information content (AvgIpc) is 3.36. The molecule has 150 valence electrons. The molecule has 2 aromatic rings. The summed E-state index contributed by atoms with van der Waals surface area (Å²) in [6, 6.07) is 9.14. The molecule has 1 aliphatic carbocycles. The van der Waals surface area contributed by atoms with Gasteiger partial charge in [0.1, 0.15) is 0 Å². The van der Waals surface area contributed by atoms with Crippen molar-refractivity contribution >= 4 is 22.5 Å². The summed E-state index contributed by atoms with van der Waals surface area (Å²) in [6.07, 6.45) is 8.21. The van der Waals surface area contributed by atoms with E-state index in [0.29, 0.717) is 5.71 Å². The molecule has 2 heterocycles. The number of carbonyl (C=O) groups excluding carboxylic acids is 1. The average molecular weight is 381 g/mol. The Morgan fingerprint density at radius 1 is 1.14 bits per heavy atom. The second-order valence-electron chi connectivity index (χ2n) is 8.60. The zero-order valence-electron chi connectivity index (χ0n) is 17.2. The summed E-state index contributed by atoms with van der Waals surface area (Å²) in [6.45, 7) is 7.69. The van der Waals surface area contributed by atoms with Gasteiger partial charge < -0.3 is 14.9 Å². The summed E-state index contributed by atoms with van der Waals surface area (Å²) >= 11 is 0. The molecular weight excluding hydrogens is 348 g/mol. The van der Waals surface area contributed by atoms with Gasteiger partial charge in [0.15, 0.2) is 0 Å². The Balaban J connectivity index is 1.44. The van der Waals surface area contributed by atoms with Crippen molar-refractivity contribution in [3.63, 3.8) is 0 Å². The molecule has 1 saturated heterocycles. The summed E-state index contributed by atoms with van der Waals surface area (Å²) in [4.78, 5) is 17.6. The molecule has 1 atom stereocenters. The van der Waals surface area contributed by atoms with Crippen LogP contribution in [-0.4, -0.2) is 58.2 Å². The summed E-state index contributed by atoms with van der Waals surface area (Å²) in [5.74, 6) is 0.157. The second-order valence-corrected chi connectivity index (χ2v) is 8.60. The minimum Gasteiger partial charge on any atom is -0.344 e. The molecule has 1 aromatic carbocycles. The second kappa shape index (κ2) is 8.08. The Bertz CT molecular complexity index is 857. The molecule has 0 bridgehead atoms. The Kier molecular flexibility index (Phi) is 5.54. The van der Waals surface area contributed by atoms with Gasteiger partial charge in [-0.05, 0) is 51.0 Å². The number of amides is 1. The third-order valence-electron chi connectivity index (χ3n) is 6.49. The Hall–Kier alpha value is -2.14. The molecule has 5 nitrogen and oxygen atoms in total. The summed E-state index contributed by atoms with van der Waals surface area (Å²) in [5, 5.41) is 8.84. The third-order valence-corrected chi connectivity index (χ3v) is 6.49. The van der Waals surface area contributed by atoms with Gasteiger partial charge in [0.2, 0.25) is 0 Å². The van der Waals surface area contributed by atoms with Crippen LogP contribution in [0.5, 0.6) is 0 Å². The number of aromatic nitrogens is 1. The van der Waals surface area contributed by atoms with Crippen LogP contribution in [0.2, 0.25) is 0 Å². The van der Waals surface area contributed by atoms with Crippen molar-refractivity contribution in [2.75, 3.05) is 26.2 Å². The number of nitrogens with zero attached hydrogens (tertiary/aromatic N) is 3. The Morgan fingerprint density at radius 3 is 2.54 bits per heavy atom. The number of fused-ring (bicyclic) bond motifs is 1. The number of hydrogen-bond donors (Lipinski definition) is 1. The first-order chi connectivity index (χ1) is 13.5. The van der Waals surface area contributed by atoms with E-state index in [0.717, 1.165) is 55.1 Å². The summed E-state index contributed by atoms with van der Waals surface area (Å²) < 4.78 is 2.21. The van der Waals surface area contributed by atoms with Crippen molar-refractivity contribution in [1.29, 1.82) is 5.41 Å². The van der Waals surface area contributed by atoms with E-state index in [-0.39, 0.29) is 11.9 Å². The first-order valence-corrected chi connectivity index (χ1v) is 10.7. The van der Waals surface area contributed by atoms with E-state index < -0.39 is 0 Å². The van der Waals surface area contributed by atoms with Crippen molar-refractivity contribution < 1.29 is 4.79 Å². The largest absolute Gasteiger partial charge is 0.344 e. The fourth-order valence-electron chi connectivity index (χ4n) is 4.97. The first-order valence-electron chi connectivity index (χ1n) is 10.7. The number of carbonyl (C=O) groups is 1. The monoisotopic (exact) mass is 380 g/mol. The van der Waals surface area contributed by atoms with Crippen molar-refractivity contribution in [2.24, 2.45) is 0 Å². The SMILES string of the molecule is CC(=N)CC(C)n1ccc2cc(C(=O)N3CCN(C4CCCC4)CC3)ccc21. The zero-order valence-corrected chi connectivity index (χ0v) is 17.2. The van der Waals surface area contributed by atoms with Gasteiger partial charge in [0.25, 0.3) is 5.91 Å². The van der Waals surface area contributed by atoms with Gasteiger partial charge in [0.05, 0.1) is 0 Å². The summed E-state index contributed by atoms with van der Waals surface area (Å²) in [5.41, 5.74) is 2.62. The number of rotatable bonds is 5. The van der Waals surface area contributed by atoms with Gasteiger partial charge in [-0.15, -0.1) is 0 Å². The highest BCUT2D eigenvalue weighted by Gasteiger charge is 2.28. The Labute approximate surface area is 167 Å². The minimum atomic E-state index is 0.157. The molecule has 2 fully saturated rings. The van der Waals surface area contributed by atoms with Crippen molar-refractivity contribution in [3.05, 3.63) is 36.0 Å². The fourth-order valence-corrected chi connectivity index (χ4v) is 4.97. The molecule has 28 heavy (non-hydrogen) atoms. The van der Waals surface area contributed by atoms with Gasteiger partial charge in [0, 0.05) is 73.1 Å². The van der Waals surface area contributed by atoms with Crippen molar-refractivity contribution in [2.45, 2.75) is 58.0 Å². The normalized spacial score (nSPS) is 20.0. The quantitative estimate of drug-likeness (QED) is 0.785. The van der Waals surface area contributed by atoms with Crippen molar-refractivity contribution in [3.8, 4) is 0 Å². The molecule has 1 unspecified atom stereocenters. The minimum absolute atomic E-state index is 0.157. The lowest BCUT2D eigenvalue weighted by atomic mass is 10.1. The summed E-state index contributed by atoms with van der Waals surface area (Å²) in [7, 11) is 0. The number of hydrogen-bond acceptors (Lipinski definition) is 3. The van der Waals surface area contributed by atoms with Crippen LogP contribution in [0.4, 0.5) is 0 Å². The van der Waals surface area contributed by atoms with E-state index in [9.17, 15) is 4.79 Å². The van der Waals surface area contributed by atoms with Gasteiger partial charge in [-0.25, -0.2) is 0 Å². The third kappa shape index (κ3) is 3.86. The van der Waals surface area contributed by atoms with Crippen LogP contribution >= 0.6 is 0 Å². The lowest BCUT2D eigenvalue weighted by molar-refractivity contribution is 0.0573. The Morgan fingerprint density at radius 2 is 1.86 bits per heavy atom. The van der Waals surface area contributed by atoms with E-state index in [1.165, 1.54) is 25.7 Å². The molecule has 0 spiro atoms. The fraction of sp³-hybridized carbons (Fsp3) is 0.565. The van der Waals surface area contributed by atoms with Gasteiger partial charge in [-0.3, -0.25) is 9.69 Å². The number of nitrogens with one attached hydrogen (secondary N) is 1. The lowest BCUT2D eigenvalue weighted by Crippen LogP contribution is -2.51. The maximum absolute atomic E-state index is 13.0. The highest BCUT2D eigenvalue weighted by Crippen LogP contribution is 2.26. The van der Waals surface area contributed by atoms with E-state index in [4.69, 9.17) is 5.41 Å². The van der Waals surface area contributed by atoms with Crippen LogP contribution in [0.15, 0.2) is 30.5 Å². The van der Waals surface area contributed by atoms with Crippen molar-refractivity contribution in [1.82, 2.24) is 14.4 Å². The van der Waals surface area contributed by atoms with Gasteiger partial charge in [-0.1, -0.05) is 12.8 Å². The maximum atomic E-state index is 13.0. The van der Waals surface area contributed by atoms with Crippen LogP contribution in [0, 0.1) is 5.41 Å². The molecule has 1 saturated carbocycles.